The smallest absolute Gasteiger partial charge is 0.255 e. The highest BCUT2D eigenvalue weighted by Crippen LogP contribution is 2.38. The number of para-hydroxylation sites is 1. The SMILES string of the molecule is O=C1CCC(N2Cc3cc(O[C@H]4CCCC4N4CC(c5ccnc6ccccc56)C4)ccc3C2=O)C(=O)N1. The van der Waals surface area contributed by atoms with Crippen LogP contribution in [0, 0.1) is 0 Å². The van der Waals surface area contributed by atoms with Crippen LogP contribution in [0.2, 0.25) is 0 Å². The van der Waals surface area contributed by atoms with E-state index in [1.54, 1.807) is 4.90 Å². The number of nitrogens with zero attached hydrogens (tertiary/aromatic N) is 3. The lowest BCUT2D eigenvalue weighted by Crippen LogP contribution is -2.54. The molecule has 2 aromatic carbocycles. The van der Waals surface area contributed by atoms with Crippen LogP contribution in [-0.2, 0) is 16.1 Å². The zero-order valence-corrected chi connectivity index (χ0v) is 21.1. The van der Waals surface area contributed by atoms with Crippen molar-refractivity contribution < 1.29 is 19.1 Å². The second-order valence-electron chi connectivity index (χ2n) is 10.9. The summed E-state index contributed by atoms with van der Waals surface area (Å²) in [6, 6.07) is 16.0. The molecule has 2 saturated heterocycles. The van der Waals surface area contributed by atoms with Crippen molar-refractivity contribution in [1.29, 1.82) is 0 Å². The first-order chi connectivity index (χ1) is 18.5. The van der Waals surface area contributed by atoms with Gasteiger partial charge in [-0.25, -0.2) is 0 Å². The first-order valence-corrected chi connectivity index (χ1v) is 13.6. The first-order valence-electron chi connectivity index (χ1n) is 13.6. The Labute approximate surface area is 221 Å². The van der Waals surface area contributed by atoms with Gasteiger partial charge in [0, 0.05) is 55.2 Å². The molecule has 3 aliphatic heterocycles. The molecule has 0 bridgehead atoms. The summed E-state index contributed by atoms with van der Waals surface area (Å²) >= 11 is 0. The number of likely N-dealkylation sites (tertiary alicyclic amines) is 1. The van der Waals surface area contributed by atoms with Crippen molar-refractivity contribution in [3.05, 3.63) is 71.4 Å². The number of benzene rings is 2. The fourth-order valence-corrected chi connectivity index (χ4v) is 6.71. The van der Waals surface area contributed by atoms with E-state index in [4.69, 9.17) is 4.74 Å². The molecule has 0 spiro atoms. The van der Waals surface area contributed by atoms with Crippen LogP contribution in [0.15, 0.2) is 54.7 Å². The maximum Gasteiger partial charge on any atom is 0.255 e. The van der Waals surface area contributed by atoms with Crippen LogP contribution in [0.4, 0.5) is 0 Å². The third kappa shape index (κ3) is 3.95. The van der Waals surface area contributed by atoms with Crippen LogP contribution in [0.5, 0.6) is 5.75 Å². The number of carbonyl (C=O) groups excluding carboxylic acids is 3. The summed E-state index contributed by atoms with van der Waals surface area (Å²) in [6.07, 6.45) is 5.94. The quantitative estimate of drug-likeness (QED) is 0.529. The molecule has 1 saturated carbocycles. The van der Waals surface area contributed by atoms with Crippen molar-refractivity contribution in [2.45, 2.75) is 62.8 Å². The van der Waals surface area contributed by atoms with E-state index in [0.29, 0.717) is 30.5 Å². The molecule has 0 radical (unpaired) electrons. The fourth-order valence-electron chi connectivity index (χ4n) is 6.71. The minimum Gasteiger partial charge on any atom is -0.489 e. The molecule has 3 amide bonds. The lowest BCUT2D eigenvalue weighted by molar-refractivity contribution is -0.136. The third-order valence-electron chi connectivity index (χ3n) is 8.70. The normalized spacial score (nSPS) is 25.9. The van der Waals surface area contributed by atoms with Crippen LogP contribution in [-0.4, -0.2) is 63.8 Å². The van der Waals surface area contributed by atoms with Gasteiger partial charge in [-0.15, -0.1) is 0 Å². The monoisotopic (exact) mass is 510 g/mol. The topological polar surface area (TPSA) is 91.8 Å². The molecule has 1 aliphatic carbocycles. The van der Waals surface area contributed by atoms with Crippen molar-refractivity contribution in [3.8, 4) is 5.75 Å². The van der Waals surface area contributed by atoms with Gasteiger partial charge in [0.2, 0.25) is 11.8 Å². The van der Waals surface area contributed by atoms with E-state index in [1.165, 1.54) is 10.9 Å². The van der Waals surface area contributed by atoms with Gasteiger partial charge in [-0.1, -0.05) is 18.2 Å². The average Bonchev–Trinajstić information content (AvgIpc) is 3.47. The van der Waals surface area contributed by atoms with Gasteiger partial charge < -0.3 is 9.64 Å². The van der Waals surface area contributed by atoms with Crippen molar-refractivity contribution >= 4 is 28.6 Å². The Morgan fingerprint density at radius 3 is 2.71 bits per heavy atom. The van der Waals surface area contributed by atoms with Crippen LogP contribution >= 0.6 is 0 Å². The minimum atomic E-state index is -0.604. The number of nitrogens with one attached hydrogen (secondary N) is 1. The molecule has 1 aromatic heterocycles. The Balaban J connectivity index is 1.02. The molecule has 4 heterocycles. The molecule has 3 atom stereocenters. The number of piperidine rings is 1. The zero-order valence-electron chi connectivity index (χ0n) is 21.1. The lowest BCUT2D eigenvalue weighted by Gasteiger charge is -2.45. The summed E-state index contributed by atoms with van der Waals surface area (Å²) in [5, 5.41) is 3.61. The van der Waals surface area contributed by atoms with Gasteiger partial charge in [-0.3, -0.25) is 29.6 Å². The van der Waals surface area contributed by atoms with E-state index in [2.05, 4.69) is 39.5 Å². The second kappa shape index (κ2) is 9.20. The first kappa shape index (κ1) is 23.3. The molecule has 38 heavy (non-hydrogen) atoms. The number of ether oxygens (including phenoxy) is 1. The van der Waals surface area contributed by atoms with E-state index >= 15 is 0 Å². The summed E-state index contributed by atoms with van der Waals surface area (Å²) in [4.78, 5) is 45.5. The Hall–Kier alpha value is -3.78. The number of hydrogen-bond acceptors (Lipinski definition) is 6. The Morgan fingerprint density at radius 1 is 0.974 bits per heavy atom. The molecule has 3 aromatic rings. The van der Waals surface area contributed by atoms with Crippen LogP contribution < -0.4 is 10.1 Å². The predicted octanol–water partition coefficient (Wildman–Crippen LogP) is 3.40. The fraction of sp³-hybridized carbons (Fsp3) is 0.400. The molecular weight excluding hydrogens is 480 g/mol. The van der Waals surface area contributed by atoms with Gasteiger partial charge in [0.1, 0.15) is 17.9 Å². The highest BCUT2D eigenvalue weighted by atomic mass is 16.5. The highest BCUT2D eigenvalue weighted by Gasteiger charge is 2.42. The van der Waals surface area contributed by atoms with E-state index < -0.39 is 6.04 Å². The van der Waals surface area contributed by atoms with Gasteiger partial charge in [0.25, 0.3) is 5.91 Å². The summed E-state index contributed by atoms with van der Waals surface area (Å²) < 4.78 is 6.53. The number of pyridine rings is 1. The van der Waals surface area contributed by atoms with E-state index in [-0.39, 0.29) is 30.2 Å². The predicted molar refractivity (Wildman–Crippen MR) is 141 cm³/mol. The van der Waals surface area contributed by atoms with Gasteiger partial charge in [0.05, 0.1) is 5.52 Å². The zero-order chi connectivity index (χ0) is 25.8. The molecule has 4 aliphatic rings. The molecule has 7 rings (SSSR count). The standard InChI is InChI=1S/C30H30N4O4/c35-28-11-10-26(29(36)32-28)34-17-18-14-20(8-9-22(18)30(34)37)38-27-7-3-6-25(27)33-15-19(16-33)21-12-13-31-24-5-2-1-4-23(21)24/h1-2,4-5,8-9,12-14,19,25-27H,3,6-7,10-11,15-17H2,(H,32,35,36)/t25?,26?,27-/m0/s1. The van der Waals surface area contributed by atoms with Crippen LogP contribution in [0.3, 0.4) is 0 Å². The number of fused-ring (bicyclic) bond motifs is 2. The van der Waals surface area contributed by atoms with Crippen molar-refractivity contribution in [1.82, 2.24) is 20.1 Å². The molecule has 3 fully saturated rings. The molecule has 8 nitrogen and oxygen atoms in total. The van der Waals surface area contributed by atoms with Gasteiger partial charge in [-0.2, -0.15) is 0 Å². The maximum absolute atomic E-state index is 13.0. The summed E-state index contributed by atoms with van der Waals surface area (Å²) in [5.74, 6) is 0.458. The number of carbonyl (C=O) groups is 3. The third-order valence-corrected chi connectivity index (χ3v) is 8.70. The van der Waals surface area contributed by atoms with Gasteiger partial charge in [0.15, 0.2) is 0 Å². The molecule has 194 valence electrons. The van der Waals surface area contributed by atoms with Crippen molar-refractivity contribution in [3.63, 3.8) is 0 Å². The average molecular weight is 511 g/mol. The second-order valence-corrected chi connectivity index (χ2v) is 10.9. The number of amides is 3. The molecule has 2 unspecified atom stereocenters. The van der Waals surface area contributed by atoms with Crippen LogP contribution in [0.1, 0.15) is 59.5 Å². The summed E-state index contributed by atoms with van der Waals surface area (Å²) in [7, 11) is 0. The van der Waals surface area contributed by atoms with E-state index in [0.717, 1.165) is 49.2 Å². The largest absolute Gasteiger partial charge is 0.489 e. The van der Waals surface area contributed by atoms with Crippen LogP contribution in [0.25, 0.3) is 10.9 Å². The Bertz CT molecular complexity index is 1440. The van der Waals surface area contributed by atoms with Gasteiger partial charge in [-0.05, 0) is 67.1 Å². The Kier molecular flexibility index (Phi) is 5.65. The van der Waals surface area contributed by atoms with Crippen molar-refractivity contribution in [2.24, 2.45) is 0 Å². The number of hydrogen-bond donors (Lipinski definition) is 1. The highest BCUT2D eigenvalue weighted by molar-refractivity contribution is 6.05. The maximum atomic E-state index is 13.0. The number of aromatic nitrogens is 1. The number of imide groups is 1. The molecule has 1 N–H and O–H groups in total. The Morgan fingerprint density at radius 2 is 1.84 bits per heavy atom. The van der Waals surface area contributed by atoms with Gasteiger partial charge >= 0.3 is 0 Å². The van der Waals surface area contributed by atoms with Crippen molar-refractivity contribution in [2.75, 3.05) is 13.1 Å². The number of rotatable bonds is 5. The summed E-state index contributed by atoms with van der Waals surface area (Å²) in [6.45, 7) is 2.41. The van der Waals surface area contributed by atoms with E-state index in [9.17, 15) is 14.4 Å². The van der Waals surface area contributed by atoms with E-state index in [1.807, 2.05) is 30.5 Å². The minimum absolute atomic E-state index is 0.117. The summed E-state index contributed by atoms with van der Waals surface area (Å²) in [5.41, 5.74) is 3.92. The molecular formula is C30H30N4O4. The molecule has 8 heteroatoms. The lowest BCUT2D eigenvalue weighted by atomic mass is 9.87.